The van der Waals surface area contributed by atoms with E-state index >= 15 is 0 Å². The van der Waals surface area contributed by atoms with Gasteiger partial charge in [0.2, 0.25) is 0 Å². The van der Waals surface area contributed by atoms with E-state index in [1.54, 1.807) is 7.11 Å². The van der Waals surface area contributed by atoms with Gasteiger partial charge in [0.15, 0.2) is 5.78 Å². The molecule has 6 aliphatic rings. The van der Waals surface area contributed by atoms with Crippen LogP contribution in [0, 0.1) is 23.7 Å². The molecule has 6 nitrogen and oxygen atoms in total. The highest BCUT2D eigenvalue weighted by Gasteiger charge is 2.80. The molecule has 29 heavy (non-hydrogen) atoms. The van der Waals surface area contributed by atoms with E-state index in [0.29, 0.717) is 24.4 Å². The van der Waals surface area contributed by atoms with Gasteiger partial charge in [-0.25, -0.2) is 4.79 Å². The first-order valence-electron chi connectivity index (χ1n) is 11.3. The van der Waals surface area contributed by atoms with E-state index in [1.165, 1.54) is 7.11 Å². The number of fused-ring (bicyclic) bond motifs is 2. The Bertz CT molecular complexity index is 837. The molecule has 3 aliphatic carbocycles. The lowest BCUT2D eigenvalue weighted by molar-refractivity contribution is -0.159. The summed E-state index contributed by atoms with van der Waals surface area (Å²) in [7, 11) is 3.02. The fourth-order valence-electron chi connectivity index (χ4n) is 9.12. The number of hydrogen-bond donors (Lipinski definition) is 1. The van der Waals surface area contributed by atoms with Crippen molar-refractivity contribution in [3.8, 4) is 0 Å². The Kier molecular flexibility index (Phi) is 3.65. The highest BCUT2D eigenvalue weighted by atomic mass is 16.5. The highest BCUT2D eigenvalue weighted by molar-refractivity contribution is 6.20. The molecule has 0 amide bonds. The molecule has 3 aliphatic heterocycles. The minimum atomic E-state index is -1.03. The second-order valence-corrected chi connectivity index (χ2v) is 10.3. The zero-order chi connectivity index (χ0) is 20.3. The van der Waals surface area contributed by atoms with Gasteiger partial charge in [-0.1, -0.05) is 6.42 Å². The first kappa shape index (κ1) is 18.5. The molecule has 5 bridgehead atoms. The average molecular weight is 402 g/mol. The van der Waals surface area contributed by atoms with Crippen molar-refractivity contribution in [1.29, 1.82) is 0 Å². The SMILES string of the molecule is COC(=O)C1=C2[C@@]3([C@H]4C[C@H]5[C@@H](CC[C@H](C)N53)[C@]2(O)C4)[C@@H]2CCC[C@H](OC)[C@H]2C1=O. The van der Waals surface area contributed by atoms with Crippen molar-refractivity contribution in [2.75, 3.05) is 14.2 Å². The molecule has 6 heteroatoms. The molecule has 10 atom stereocenters. The summed E-state index contributed by atoms with van der Waals surface area (Å²) in [6.07, 6.45) is 6.45. The minimum absolute atomic E-state index is 0.114. The Morgan fingerprint density at radius 2 is 1.97 bits per heavy atom. The molecule has 2 saturated carbocycles. The molecule has 0 aromatic rings. The van der Waals surface area contributed by atoms with Crippen molar-refractivity contribution < 1.29 is 24.2 Å². The predicted octanol–water partition coefficient (Wildman–Crippen LogP) is 1.85. The number of rotatable bonds is 2. The maximum absolute atomic E-state index is 13.8. The number of esters is 1. The molecular formula is C23H31NO5. The maximum Gasteiger partial charge on any atom is 0.341 e. The standard InChI is InChI=1S/C23H31NO5/c1-11-7-8-13-15-9-12-10-22(13,27)20-18(21(26)29-3)19(25)17-14(23(12,20)24(11)15)5-4-6-16(17)28-2/h11-17,27H,4-10H2,1-3H3/t11-,12-,13+,14+,15-,16-,17-,22+,23+/m0/s1. The van der Waals surface area contributed by atoms with Crippen molar-refractivity contribution in [3.05, 3.63) is 11.1 Å². The fraction of sp³-hybridized carbons (Fsp3) is 0.826. The van der Waals surface area contributed by atoms with Crippen LogP contribution in [0.25, 0.3) is 0 Å². The number of hydrogen-bond acceptors (Lipinski definition) is 6. The van der Waals surface area contributed by atoms with Crippen LogP contribution in [0.3, 0.4) is 0 Å². The van der Waals surface area contributed by atoms with Gasteiger partial charge in [0.05, 0.1) is 30.3 Å². The second kappa shape index (κ2) is 5.71. The topological polar surface area (TPSA) is 76.1 Å². The Morgan fingerprint density at radius 3 is 2.69 bits per heavy atom. The van der Waals surface area contributed by atoms with Gasteiger partial charge in [-0.2, -0.15) is 0 Å². The van der Waals surface area contributed by atoms with Gasteiger partial charge in [0.1, 0.15) is 5.57 Å². The molecule has 0 radical (unpaired) electrons. The smallest absolute Gasteiger partial charge is 0.341 e. The Morgan fingerprint density at radius 1 is 1.17 bits per heavy atom. The summed E-state index contributed by atoms with van der Waals surface area (Å²) < 4.78 is 10.9. The van der Waals surface area contributed by atoms with Crippen LogP contribution < -0.4 is 0 Å². The third-order valence-corrected chi connectivity index (χ3v) is 9.67. The van der Waals surface area contributed by atoms with Gasteiger partial charge in [0, 0.05) is 30.7 Å². The summed E-state index contributed by atoms with van der Waals surface area (Å²) >= 11 is 0. The van der Waals surface area contributed by atoms with Crippen molar-refractivity contribution in [1.82, 2.24) is 4.90 Å². The molecular weight excluding hydrogens is 370 g/mol. The Labute approximate surface area is 171 Å². The Hall–Kier alpha value is -1.24. The summed E-state index contributed by atoms with van der Waals surface area (Å²) in [6, 6.07) is 0.761. The maximum atomic E-state index is 13.8. The lowest BCUT2D eigenvalue weighted by atomic mass is 9.53. The molecule has 3 heterocycles. The number of ketones is 1. The van der Waals surface area contributed by atoms with Crippen LogP contribution in [0.5, 0.6) is 0 Å². The van der Waals surface area contributed by atoms with Crippen LogP contribution in [0.2, 0.25) is 0 Å². The van der Waals surface area contributed by atoms with Crippen LogP contribution in [0.4, 0.5) is 0 Å². The first-order valence-corrected chi connectivity index (χ1v) is 11.3. The molecule has 5 fully saturated rings. The number of methoxy groups -OCH3 is 2. The number of carbonyl (C=O) groups is 2. The molecule has 158 valence electrons. The summed E-state index contributed by atoms with van der Waals surface area (Å²) in [4.78, 5) is 29.5. The van der Waals surface area contributed by atoms with Crippen molar-refractivity contribution in [2.45, 2.75) is 81.2 Å². The van der Waals surface area contributed by atoms with Crippen LogP contribution in [-0.2, 0) is 19.1 Å². The van der Waals surface area contributed by atoms with Gasteiger partial charge >= 0.3 is 5.97 Å². The van der Waals surface area contributed by atoms with E-state index in [9.17, 15) is 14.7 Å². The third kappa shape index (κ3) is 1.83. The first-order chi connectivity index (χ1) is 13.9. The van der Waals surface area contributed by atoms with Gasteiger partial charge in [-0.3, -0.25) is 9.69 Å². The zero-order valence-corrected chi connectivity index (χ0v) is 17.5. The van der Waals surface area contributed by atoms with Gasteiger partial charge in [-0.15, -0.1) is 0 Å². The zero-order valence-electron chi connectivity index (χ0n) is 17.5. The molecule has 0 aromatic heterocycles. The second-order valence-electron chi connectivity index (χ2n) is 10.3. The van der Waals surface area contributed by atoms with Crippen molar-refractivity contribution in [3.63, 3.8) is 0 Å². The number of nitrogens with zero attached hydrogens (tertiary/aromatic N) is 1. The van der Waals surface area contributed by atoms with Gasteiger partial charge in [0.25, 0.3) is 0 Å². The predicted molar refractivity (Wildman–Crippen MR) is 104 cm³/mol. The van der Waals surface area contributed by atoms with E-state index in [1.807, 2.05) is 0 Å². The largest absolute Gasteiger partial charge is 0.465 e. The fourth-order valence-corrected chi connectivity index (χ4v) is 9.12. The average Bonchev–Trinajstić information content (AvgIpc) is 3.11. The van der Waals surface area contributed by atoms with E-state index in [0.717, 1.165) is 44.1 Å². The van der Waals surface area contributed by atoms with E-state index < -0.39 is 11.6 Å². The summed E-state index contributed by atoms with van der Waals surface area (Å²) in [5.74, 6) is -0.500. The molecule has 1 spiro atoms. The third-order valence-electron chi connectivity index (χ3n) is 9.67. The van der Waals surface area contributed by atoms with Gasteiger partial charge in [-0.05, 0) is 57.3 Å². The number of Topliss-reactive ketones (excluding diaryl/α,β-unsaturated/α-hetero) is 1. The van der Waals surface area contributed by atoms with Crippen LogP contribution >= 0.6 is 0 Å². The van der Waals surface area contributed by atoms with E-state index in [2.05, 4.69) is 11.8 Å². The molecule has 3 saturated heterocycles. The number of aliphatic hydroxyl groups is 1. The number of ether oxygens (including phenoxy) is 2. The summed E-state index contributed by atoms with van der Waals surface area (Å²) in [5.41, 5.74) is -0.508. The Balaban J connectivity index is 1.68. The lowest BCUT2D eigenvalue weighted by Gasteiger charge is -2.64. The summed E-state index contributed by atoms with van der Waals surface area (Å²) in [6.45, 7) is 2.29. The quantitative estimate of drug-likeness (QED) is 0.562. The van der Waals surface area contributed by atoms with Crippen LogP contribution in [0.15, 0.2) is 11.1 Å². The molecule has 6 rings (SSSR count). The summed E-state index contributed by atoms with van der Waals surface area (Å²) in [5, 5.41) is 12.1. The number of carbonyl (C=O) groups excluding carboxylic acids is 2. The normalized spacial score (nSPS) is 54.4. The minimum Gasteiger partial charge on any atom is -0.465 e. The highest BCUT2D eigenvalue weighted by Crippen LogP contribution is 2.74. The molecule has 1 unspecified atom stereocenters. The lowest BCUT2D eigenvalue weighted by Crippen LogP contribution is -2.72. The monoisotopic (exact) mass is 401 g/mol. The van der Waals surface area contributed by atoms with Crippen LogP contribution in [0.1, 0.15) is 51.9 Å². The van der Waals surface area contributed by atoms with E-state index in [4.69, 9.17) is 9.47 Å². The van der Waals surface area contributed by atoms with Gasteiger partial charge < -0.3 is 14.6 Å². The molecule has 1 N–H and O–H groups in total. The number of piperidine rings is 2. The van der Waals surface area contributed by atoms with E-state index in [-0.39, 0.29) is 40.8 Å². The van der Waals surface area contributed by atoms with Crippen LogP contribution in [-0.4, -0.2) is 65.3 Å². The molecule has 0 aromatic carbocycles. The van der Waals surface area contributed by atoms with Crippen molar-refractivity contribution in [2.24, 2.45) is 23.7 Å². The van der Waals surface area contributed by atoms with Crippen molar-refractivity contribution >= 4 is 11.8 Å².